The number of benzene rings is 3. The van der Waals surface area contributed by atoms with E-state index in [-0.39, 0.29) is 5.92 Å². The maximum Gasteiger partial charge on any atom is 0.133 e. The van der Waals surface area contributed by atoms with Gasteiger partial charge in [0.2, 0.25) is 0 Å². The fraction of sp³-hybridized carbons (Fsp3) is 0.125. The average Bonchev–Trinajstić information content (AvgIpc) is 3.35. The van der Waals surface area contributed by atoms with Crippen LogP contribution in [0.25, 0.3) is 5.69 Å². The molecule has 1 aromatic heterocycles. The Hall–Kier alpha value is -3.04. The molecule has 2 heterocycles. The van der Waals surface area contributed by atoms with E-state index in [2.05, 4.69) is 66.0 Å². The lowest BCUT2D eigenvalue weighted by atomic mass is 9.86. The van der Waals surface area contributed by atoms with Crippen molar-refractivity contribution in [1.29, 1.82) is 0 Å². The zero-order chi connectivity index (χ0) is 18.9. The van der Waals surface area contributed by atoms with Crippen LogP contribution in [0.4, 0.5) is 5.82 Å². The van der Waals surface area contributed by atoms with Gasteiger partial charge in [-0.2, -0.15) is 5.10 Å². The molecule has 0 bridgehead atoms. The van der Waals surface area contributed by atoms with Crippen LogP contribution < -0.4 is 5.32 Å². The van der Waals surface area contributed by atoms with Crippen molar-refractivity contribution < 1.29 is 0 Å². The Morgan fingerprint density at radius 1 is 0.821 bits per heavy atom. The first-order valence-corrected chi connectivity index (χ1v) is 9.90. The van der Waals surface area contributed by atoms with Gasteiger partial charge in [-0.15, -0.1) is 0 Å². The van der Waals surface area contributed by atoms with Gasteiger partial charge in [0.1, 0.15) is 5.82 Å². The van der Waals surface area contributed by atoms with Gasteiger partial charge in [0.25, 0.3) is 0 Å². The number of nitrogens with one attached hydrogen (secondary N) is 1. The molecule has 28 heavy (non-hydrogen) atoms. The number of anilines is 1. The van der Waals surface area contributed by atoms with Crippen molar-refractivity contribution >= 4 is 17.4 Å². The van der Waals surface area contributed by atoms with E-state index < -0.39 is 0 Å². The molecule has 3 nitrogen and oxygen atoms in total. The van der Waals surface area contributed by atoms with Crippen LogP contribution in [-0.2, 0) is 6.42 Å². The molecule has 4 aromatic rings. The third-order valence-corrected chi connectivity index (χ3v) is 5.54. The molecular weight excluding hydrogens is 366 g/mol. The Kier molecular flexibility index (Phi) is 4.38. The standard InChI is InChI=1S/C24H20ClN3/c25-19-11-13-20(14-12-19)28-24-21(15-16-26-24)23(27-28)22(17-7-3-1-4-8-17)18-9-5-2-6-10-18/h1-14,22,26H,15-16H2. The summed E-state index contributed by atoms with van der Waals surface area (Å²) in [6, 6.07) is 29.1. The number of hydrogen-bond donors (Lipinski definition) is 1. The van der Waals surface area contributed by atoms with Crippen LogP contribution in [0.3, 0.4) is 0 Å². The summed E-state index contributed by atoms with van der Waals surface area (Å²) in [6.07, 6.45) is 0.981. The van der Waals surface area contributed by atoms with Crippen molar-refractivity contribution in [3.63, 3.8) is 0 Å². The first-order valence-electron chi connectivity index (χ1n) is 9.53. The van der Waals surface area contributed by atoms with Gasteiger partial charge in [-0.25, -0.2) is 4.68 Å². The van der Waals surface area contributed by atoms with Gasteiger partial charge in [-0.1, -0.05) is 72.3 Å². The van der Waals surface area contributed by atoms with Crippen molar-refractivity contribution in [2.75, 3.05) is 11.9 Å². The van der Waals surface area contributed by atoms with Crippen LogP contribution in [0, 0.1) is 0 Å². The Morgan fingerprint density at radius 3 is 2.04 bits per heavy atom. The van der Waals surface area contributed by atoms with Gasteiger partial charge in [0, 0.05) is 17.1 Å². The highest BCUT2D eigenvalue weighted by atomic mass is 35.5. The van der Waals surface area contributed by atoms with Crippen LogP contribution >= 0.6 is 11.6 Å². The number of hydrogen-bond acceptors (Lipinski definition) is 2. The predicted octanol–water partition coefficient (Wildman–Crippen LogP) is 5.67. The molecule has 0 radical (unpaired) electrons. The Labute approximate surface area is 169 Å². The molecule has 0 unspecified atom stereocenters. The number of aromatic nitrogens is 2. The molecule has 138 valence electrons. The Bertz CT molecular complexity index is 1050. The molecule has 0 amide bonds. The van der Waals surface area contributed by atoms with E-state index in [1.54, 1.807) is 0 Å². The highest BCUT2D eigenvalue weighted by Crippen LogP contribution is 2.38. The van der Waals surface area contributed by atoms with E-state index in [0.29, 0.717) is 0 Å². The zero-order valence-electron chi connectivity index (χ0n) is 15.3. The van der Waals surface area contributed by atoms with Gasteiger partial charge in [0.15, 0.2) is 0 Å². The Balaban J connectivity index is 1.70. The second-order valence-corrected chi connectivity index (χ2v) is 7.47. The van der Waals surface area contributed by atoms with Gasteiger partial charge in [-0.05, 0) is 41.8 Å². The summed E-state index contributed by atoms with van der Waals surface area (Å²) in [6.45, 7) is 0.935. The molecule has 1 aliphatic rings. The van der Waals surface area contributed by atoms with Crippen molar-refractivity contribution in [3.8, 4) is 5.69 Å². The highest BCUT2D eigenvalue weighted by molar-refractivity contribution is 6.30. The molecule has 0 atom stereocenters. The lowest BCUT2D eigenvalue weighted by Gasteiger charge is -2.17. The minimum Gasteiger partial charge on any atom is -0.369 e. The minimum atomic E-state index is 0.101. The quantitative estimate of drug-likeness (QED) is 0.490. The number of halogens is 1. The molecule has 0 fully saturated rings. The van der Waals surface area contributed by atoms with Crippen molar-refractivity contribution in [1.82, 2.24) is 9.78 Å². The molecule has 5 rings (SSSR count). The van der Waals surface area contributed by atoms with Crippen molar-refractivity contribution in [2.24, 2.45) is 0 Å². The highest BCUT2D eigenvalue weighted by Gasteiger charge is 2.29. The van der Waals surface area contributed by atoms with Crippen molar-refractivity contribution in [3.05, 3.63) is 112 Å². The molecule has 0 saturated heterocycles. The summed E-state index contributed by atoms with van der Waals surface area (Å²) in [7, 11) is 0. The van der Waals surface area contributed by atoms with E-state index >= 15 is 0 Å². The SMILES string of the molecule is Clc1ccc(-n2nc(C(c3ccccc3)c3ccccc3)c3c2NCC3)cc1. The summed E-state index contributed by atoms with van der Waals surface area (Å²) in [5, 5.41) is 9.35. The molecule has 4 heteroatoms. The molecule has 0 spiro atoms. The molecule has 1 N–H and O–H groups in total. The fourth-order valence-corrected chi connectivity index (χ4v) is 4.13. The largest absolute Gasteiger partial charge is 0.369 e. The summed E-state index contributed by atoms with van der Waals surface area (Å²) in [5.41, 5.74) is 5.94. The van der Waals surface area contributed by atoms with Gasteiger partial charge in [0.05, 0.1) is 17.3 Å². The minimum absolute atomic E-state index is 0.101. The molecule has 3 aromatic carbocycles. The van der Waals surface area contributed by atoms with E-state index in [4.69, 9.17) is 16.7 Å². The smallest absolute Gasteiger partial charge is 0.133 e. The summed E-state index contributed by atoms with van der Waals surface area (Å²) in [4.78, 5) is 0. The van der Waals surface area contributed by atoms with Gasteiger partial charge in [-0.3, -0.25) is 0 Å². The second-order valence-electron chi connectivity index (χ2n) is 7.03. The van der Waals surface area contributed by atoms with Crippen LogP contribution in [0.15, 0.2) is 84.9 Å². The Morgan fingerprint density at radius 2 is 1.43 bits per heavy atom. The first-order chi connectivity index (χ1) is 13.8. The topological polar surface area (TPSA) is 29.9 Å². The summed E-state index contributed by atoms with van der Waals surface area (Å²) < 4.78 is 2.02. The first kappa shape index (κ1) is 17.1. The normalized spacial score (nSPS) is 12.8. The van der Waals surface area contributed by atoms with Gasteiger partial charge >= 0.3 is 0 Å². The maximum absolute atomic E-state index is 6.09. The van der Waals surface area contributed by atoms with E-state index in [0.717, 1.165) is 35.2 Å². The van der Waals surface area contributed by atoms with E-state index in [9.17, 15) is 0 Å². The zero-order valence-corrected chi connectivity index (χ0v) is 16.1. The van der Waals surface area contributed by atoms with E-state index in [1.165, 1.54) is 16.7 Å². The second kappa shape index (κ2) is 7.17. The summed E-state index contributed by atoms with van der Waals surface area (Å²) >= 11 is 6.09. The van der Waals surface area contributed by atoms with Crippen LogP contribution in [0.2, 0.25) is 5.02 Å². The number of nitrogens with zero attached hydrogens (tertiary/aromatic N) is 2. The lowest BCUT2D eigenvalue weighted by Crippen LogP contribution is -2.09. The molecule has 0 aliphatic carbocycles. The number of fused-ring (bicyclic) bond motifs is 1. The third-order valence-electron chi connectivity index (χ3n) is 5.29. The molecule has 1 aliphatic heterocycles. The van der Waals surface area contributed by atoms with Crippen LogP contribution in [0.1, 0.15) is 28.3 Å². The molecular formula is C24H20ClN3. The fourth-order valence-electron chi connectivity index (χ4n) is 4.00. The van der Waals surface area contributed by atoms with Gasteiger partial charge < -0.3 is 5.32 Å². The average molecular weight is 386 g/mol. The predicted molar refractivity (Wildman–Crippen MR) is 115 cm³/mol. The van der Waals surface area contributed by atoms with Crippen LogP contribution in [0.5, 0.6) is 0 Å². The maximum atomic E-state index is 6.09. The van der Waals surface area contributed by atoms with Crippen LogP contribution in [-0.4, -0.2) is 16.3 Å². The third kappa shape index (κ3) is 2.98. The molecule has 0 saturated carbocycles. The number of rotatable bonds is 4. The summed E-state index contributed by atoms with van der Waals surface area (Å²) in [5.74, 6) is 1.19. The lowest BCUT2D eigenvalue weighted by molar-refractivity contribution is 0.802. The van der Waals surface area contributed by atoms with E-state index in [1.807, 2.05) is 28.9 Å². The monoisotopic (exact) mass is 385 g/mol. The van der Waals surface area contributed by atoms with Crippen molar-refractivity contribution in [2.45, 2.75) is 12.3 Å².